The summed E-state index contributed by atoms with van der Waals surface area (Å²) in [7, 11) is 0. The van der Waals surface area contributed by atoms with Crippen LogP contribution in [0, 0.1) is 0 Å². The largest absolute Gasteiger partial charge is 0.288 e. The number of hydrogen-bond donors (Lipinski definition) is 0. The molecular formula is C16H16OS. The minimum atomic E-state index is 0.185. The van der Waals surface area contributed by atoms with Gasteiger partial charge in [0.1, 0.15) is 0 Å². The summed E-state index contributed by atoms with van der Waals surface area (Å²) < 4.78 is 0. The number of rotatable bonds is 3. The Kier molecular flexibility index (Phi) is 3.04. The van der Waals surface area contributed by atoms with Crippen molar-refractivity contribution in [3.05, 3.63) is 56.8 Å². The molecule has 0 N–H and O–H groups in total. The van der Waals surface area contributed by atoms with Crippen molar-refractivity contribution < 1.29 is 4.79 Å². The fraction of sp³-hybridized carbons (Fsp3) is 0.312. The molecular weight excluding hydrogens is 240 g/mol. The zero-order chi connectivity index (χ0) is 12.5. The van der Waals surface area contributed by atoms with Gasteiger partial charge in [-0.2, -0.15) is 0 Å². The summed E-state index contributed by atoms with van der Waals surface area (Å²) in [6.07, 6.45) is 4.53. The van der Waals surface area contributed by atoms with Crippen molar-refractivity contribution in [1.29, 1.82) is 0 Å². The van der Waals surface area contributed by atoms with E-state index in [1.54, 1.807) is 11.3 Å². The third-order valence-corrected chi connectivity index (χ3v) is 4.80. The highest BCUT2D eigenvalue weighted by molar-refractivity contribution is 7.14. The molecule has 0 atom stereocenters. The molecule has 1 aliphatic rings. The molecule has 2 heteroatoms. The highest BCUT2D eigenvalue weighted by Crippen LogP contribution is 2.31. The van der Waals surface area contributed by atoms with Crippen LogP contribution in [0.3, 0.4) is 0 Å². The van der Waals surface area contributed by atoms with E-state index in [1.165, 1.54) is 22.4 Å². The summed E-state index contributed by atoms with van der Waals surface area (Å²) in [5.41, 5.74) is 3.45. The molecule has 0 spiro atoms. The Labute approximate surface area is 111 Å². The second kappa shape index (κ2) is 4.69. The van der Waals surface area contributed by atoms with E-state index in [9.17, 15) is 4.79 Å². The molecule has 1 aromatic heterocycles. The van der Waals surface area contributed by atoms with Gasteiger partial charge in [0.2, 0.25) is 5.78 Å². The van der Waals surface area contributed by atoms with E-state index in [0.29, 0.717) is 0 Å². The van der Waals surface area contributed by atoms with Gasteiger partial charge in [-0.15, -0.1) is 11.3 Å². The molecule has 3 rings (SSSR count). The van der Waals surface area contributed by atoms with Gasteiger partial charge in [0.05, 0.1) is 4.88 Å². The number of benzene rings is 1. The van der Waals surface area contributed by atoms with Gasteiger partial charge < -0.3 is 0 Å². The van der Waals surface area contributed by atoms with Crippen LogP contribution in [0.5, 0.6) is 0 Å². The standard InChI is InChI=1S/C16H16OS/c1-2-11-5-3-7-13(9-11)16(17)15-10-12-6-4-8-14(12)18-15/h3,5,7,9-10H,2,4,6,8H2,1H3. The summed E-state index contributed by atoms with van der Waals surface area (Å²) in [6, 6.07) is 10.1. The number of aryl methyl sites for hydroxylation is 3. The van der Waals surface area contributed by atoms with Gasteiger partial charge in [0.15, 0.2) is 0 Å². The van der Waals surface area contributed by atoms with Gasteiger partial charge >= 0.3 is 0 Å². The Morgan fingerprint density at radius 3 is 2.94 bits per heavy atom. The fourth-order valence-corrected chi connectivity index (χ4v) is 3.73. The summed E-state index contributed by atoms with van der Waals surface area (Å²) in [5.74, 6) is 0.185. The maximum absolute atomic E-state index is 12.4. The number of ketones is 1. The van der Waals surface area contributed by atoms with Crippen LogP contribution in [0.4, 0.5) is 0 Å². The normalized spacial score (nSPS) is 13.6. The van der Waals surface area contributed by atoms with Gasteiger partial charge in [0, 0.05) is 10.4 Å². The van der Waals surface area contributed by atoms with Crippen molar-refractivity contribution in [2.24, 2.45) is 0 Å². The number of carbonyl (C=O) groups is 1. The molecule has 0 amide bonds. The highest BCUT2D eigenvalue weighted by atomic mass is 32.1. The van der Waals surface area contributed by atoms with E-state index in [4.69, 9.17) is 0 Å². The summed E-state index contributed by atoms with van der Waals surface area (Å²) in [5, 5.41) is 0. The molecule has 1 aromatic carbocycles. The Morgan fingerprint density at radius 2 is 2.17 bits per heavy atom. The first-order valence-electron chi connectivity index (χ1n) is 6.53. The zero-order valence-electron chi connectivity index (χ0n) is 10.5. The molecule has 0 radical (unpaired) electrons. The first-order valence-corrected chi connectivity index (χ1v) is 7.35. The molecule has 18 heavy (non-hydrogen) atoms. The molecule has 2 aromatic rings. The van der Waals surface area contributed by atoms with Gasteiger partial charge in [-0.1, -0.05) is 25.1 Å². The molecule has 0 saturated heterocycles. The van der Waals surface area contributed by atoms with Crippen LogP contribution >= 0.6 is 11.3 Å². The summed E-state index contributed by atoms with van der Waals surface area (Å²) >= 11 is 1.69. The topological polar surface area (TPSA) is 17.1 Å². The van der Waals surface area contributed by atoms with E-state index in [-0.39, 0.29) is 5.78 Å². The molecule has 0 aliphatic heterocycles. The van der Waals surface area contributed by atoms with Gasteiger partial charge in [-0.05, 0) is 48.9 Å². The second-order valence-electron chi connectivity index (χ2n) is 4.80. The second-order valence-corrected chi connectivity index (χ2v) is 5.93. The predicted molar refractivity (Wildman–Crippen MR) is 75.6 cm³/mol. The van der Waals surface area contributed by atoms with Crippen molar-refractivity contribution in [2.75, 3.05) is 0 Å². The van der Waals surface area contributed by atoms with Crippen LogP contribution in [0.25, 0.3) is 0 Å². The van der Waals surface area contributed by atoms with E-state index in [2.05, 4.69) is 19.1 Å². The lowest BCUT2D eigenvalue weighted by molar-refractivity contribution is 0.104. The number of carbonyl (C=O) groups excluding carboxylic acids is 1. The first-order chi connectivity index (χ1) is 8.78. The molecule has 0 saturated carbocycles. The molecule has 1 heterocycles. The van der Waals surface area contributed by atoms with E-state index in [1.807, 2.05) is 18.2 Å². The SMILES string of the molecule is CCc1cccc(C(=O)c2cc3c(s2)CCC3)c1. The average Bonchev–Trinajstić information content (AvgIpc) is 2.98. The van der Waals surface area contributed by atoms with E-state index >= 15 is 0 Å². The lowest BCUT2D eigenvalue weighted by Gasteiger charge is -2.01. The minimum absolute atomic E-state index is 0.185. The van der Waals surface area contributed by atoms with Gasteiger partial charge in [0.25, 0.3) is 0 Å². The van der Waals surface area contributed by atoms with Crippen LogP contribution in [0.1, 0.15) is 44.6 Å². The van der Waals surface area contributed by atoms with Crippen LogP contribution in [0.15, 0.2) is 30.3 Å². The van der Waals surface area contributed by atoms with Crippen molar-refractivity contribution in [3.8, 4) is 0 Å². The van der Waals surface area contributed by atoms with E-state index in [0.717, 1.165) is 29.7 Å². The maximum atomic E-state index is 12.4. The monoisotopic (exact) mass is 256 g/mol. The first kappa shape index (κ1) is 11.7. The number of thiophene rings is 1. The van der Waals surface area contributed by atoms with E-state index < -0.39 is 0 Å². The van der Waals surface area contributed by atoms with Crippen LogP contribution in [-0.2, 0) is 19.3 Å². The van der Waals surface area contributed by atoms with Crippen LogP contribution < -0.4 is 0 Å². The third kappa shape index (κ3) is 2.01. The van der Waals surface area contributed by atoms with Crippen LogP contribution in [0.2, 0.25) is 0 Å². The quantitative estimate of drug-likeness (QED) is 0.758. The summed E-state index contributed by atoms with van der Waals surface area (Å²) in [4.78, 5) is 14.8. The molecule has 92 valence electrons. The van der Waals surface area contributed by atoms with Crippen molar-refractivity contribution in [1.82, 2.24) is 0 Å². The van der Waals surface area contributed by atoms with Crippen molar-refractivity contribution in [3.63, 3.8) is 0 Å². The Bertz CT molecular complexity index is 573. The third-order valence-electron chi connectivity index (χ3n) is 3.57. The molecule has 0 unspecified atom stereocenters. The van der Waals surface area contributed by atoms with Gasteiger partial charge in [-0.25, -0.2) is 0 Å². The zero-order valence-corrected chi connectivity index (χ0v) is 11.3. The maximum Gasteiger partial charge on any atom is 0.202 e. The smallest absolute Gasteiger partial charge is 0.202 e. The fourth-order valence-electron chi connectivity index (χ4n) is 2.52. The Balaban J connectivity index is 1.93. The lowest BCUT2D eigenvalue weighted by atomic mass is 10.0. The van der Waals surface area contributed by atoms with Crippen molar-refractivity contribution in [2.45, 2.75) is 32.6 Å². The van der Waals surface area contributed by atoms with Gasteiger partial charge in [-0.3, -0.25) is 4.79 Å². The summed E-state index contributed by atoms with van der Waals surface area (Å²) in [6.45, 7) is 2.11. The molecule has 0 fully saturated rings. The van der Waals surface area contributed by atoms with Crippen molar-refractivity contribution >= 4 is 17.1 Å². The molecule has 1 aliphatic carbocycles. The number of fused-ring (bicyclic) bond motifs is 1. The number of hydrogen-bond acceptors (Lipinski definition) is 2. The Hall–Kier alpha value is -1.41. The van der Waals surface area contributed by atoms with Crippen LogP contribution in [-0.4, -0.2) is 5.78 Å². The highest BCUT2D eigenvalue weighted by Gasteiger charge is 2.19. The average molecular weight is 256 g/mol. The molecule has 1 nitrogen and oxygen atoms in total. The Morgan fingerprint density at radius 1 is 1.28 bits per heavy atom. The predicted octanol–water partition coefficient (Wildman–Crippen LogP) is 4.03. The lowest BCUT2D eigenvalue weighted by Crippen LogP contribution is -1.99. The molecule has 0 bridgehead atoms. The minimum Gasteiger partial charge on any atom is -0.288 e.